The van der Waals surface area contributed by atoms with Gasteiger partial charge in [-0.05, 0) is 25.7 Å². The molecule has 2 fully saturated rings. The summed E-state index contributed by atoms with van der Waals surface area (Å²) < 4.78 is 0. The van der Waals surface area contributed by atoms with Crippen LogP contribution in [0.4, 0.5) is 4.79 Å². The van der Waals surface area contributed by atoms with Gasteiger partial charge in [-0.1, -0.05) is 0 Å². The minimum atomic E-state index is -0.779. The molecule has 2 rings (SSSR count). The lowest BCUT2D eigenvalue weighted by molar-refractivity contribution is -0.143. The first kappa shape index (κ1) is 11.2. The third kappa shape index (κ3) is 2.28. The number of piperidine rings is 1. The van der Waals surface area contributed by atoms with Crippen LogP contribution in [0.2, 0.25) is 0 Å². The lowest BCUT2D eigenvalue weighted by Crippen LogP contribution is -2.47. The van der Waals surface area contributed by atoms with E-state index in [0.29, 0.717) is 19.5 Å². The van der Waals surface area contributed by atoms with Gasteiger partial charge in [-0.2, -0.15) is 0 Å². The fraction of sp³-hybridized carbons (Fsp3) is 0.818. The van der Waals surface area contributed by atoms with Gasteiger partial charge in [0, 0.05) is 26.2 Å². The van der Waals surface area contributed by atoms with Gasteiger partial charge < -0.3 is 14.9 Å². The minimum Gasteiger partial charge on any atom is -0.481 e. The maximum absolute atomic E-state index is 12.0. The monoisotopic (exact) mass is 226 g/mol. The molecule has 0 aromatic heterocycles. The topological polar surface area (TPSA) is 60.9 Å². The Morgan fingerprint density at radius 1 is 1.00 bits per heavy atom. The second kappa shape index (κ2) is 4.72. The Bertz CT molecular complexity index is 287. The van der Waals surface area contributed by atoms with E-state index in [2.05, 4.69) is 0 Å². The van der Waals surface area contributed by atoms with E-state index in [-0.39, 0.29) is 11.9 Å². The number of carbonyl (C=O) groups is 2. The van der Waals surface area contributed by atoms with E-state index in [9.17, 15) is 9.59 Å². The van der Waals surface area contributed by atoms with Crippen molar-refractivity contribution >= 4 is 12.0 Å². The molecule has 0 bridgehead atoms. The van der Waals surface area contributed by atoms with Gasteiger partial charge in [-0.15, -0.1) is 0 Å². The Kier molecular flexibility index (Phi) is 3.31. The third-order valence-corrected chi connectivity index (χ3v) is 3.42. The summed E-state index contributed by atoms with van der Waals surface area (Å²) in [5.74, 6) is -1.15. The third-order valence-electron chi connectivity index (χ3n) is 3.42. The standard InChI is InChI=1S/C11H18N2O3/c14-10(15)9-4-3-7-13(8-9)11(16)12-5-1-2-6-12/h9H,1-8H2,(H,14,15)/t9-/m0/s1. The van der Waals surface area contributed by atoms with Gasteiger partial charge >= 0.3 is 12.0 Å². The van der Waals surface area contributed by atoms with Crippen molar-refractivity contribution < 1.29 is 14.7 Å². The van der Waals surface area contributed by atoms with Crippen molar-refractivity contribution in [2.24, 2.45) is 5.92 Å². The lowest BCUT2D eigenvalue weighted by atomic mass is 9.99. The molecule has 16 heavy (non-hydrogen) atoms. The number of carboxylic acids is 1. The fourth-order valence-corrected chi connectivity index (χ4v) is 2.46. The van der Waals surface area contributed by atoms with Crippen LogP contribution in [-0.4, -0.2) is 53.1 Å². The number of hydrogen-bond acceptors (Lipinski definition) is 2. The summed E-state index contributed by atoms with van der Waals surface area (Å²) in [4.78, 5) is 26.5. The second-order valence-electron chi connectivity index (χ2n) is 4.60. The zero-order chi connectivity index (χ0) is 11.5. The van der Waals surface area contributed by atoms with Gasteiger partial charge in [0.05, 0.1) is 5.92 Å². The lowest BCUT2D eigenvalue weighted by Gasteiger charge is -2.33. The van der Waals surface area contributed by atoms with Crippen LogP contribution in [0.15, 0.2) is 0 Å². The number of carbonyl (C=O) groups excluding carboxylic acids is 1. The molecule has 2 heterocycles. The molecule has 5 heteroatoms. The molecular weight excluding hydrogens is 208 g/mol. The predicted octanol–water partition coefficient (Wildman–Crippen LogP) is 0.999. The van der Waals surface area contributed by atoms with Gasteiger partial charge in [0.15, 0.2) is 0 Å². The fourth-order valence-electron chi connectivity index (χ4n) is 2.46. The molecular formula is C11H18N2O3. The normalized spacial score (nSPS) is 25.9. The maximum Gasteiger partial charge on any atom is 0.320 e. The average Bonchev–Trinajstić information content (AvgIpc) is 2.81. The van der Waals surface area contributed by atoms with Gasteiger partial charge in [0.1, 0.15) is 0 Å². The molecule has 1 atom stereocenters. The number of urea groups is 1. The van der Waals surface area contributed by atoms with Crippen molar-refractivity contribution in [2.45, 2.75) is 25.7 Å². The van der Waals surface area contributed by atoms with Crippen LogP contribution in [0.1, 0.15) is 25.7 Å². The first-order chi connectivity index (χ1) is 7.68. The van der Waals surface area contributed by atoms with Gasteiger partial charge in [0.25, 0.3) is 0 Å². The molecule has 0 saturated carbocycles. The van der Waals surface area contributed by atoms with E-state index in [1.54, 1.807) is 4.90 Å². The van der Waals surface area contributed by atoms with Crippen LogP contribution >= 0.6 is 0 Å². The maximum atomic E-state index is 12.0. The molecule has 2 saturated heterocycles. The van der Waals surface area contributed by atoms with Crippen molar-refractivity contribution in [2.75, 3.05) is 26.2 Å². The first-order valence-corrected chi connectivity index (χ1v) is 5.95. The van der Waals surface area contributed by atoms with Crippen molar-refractivity contribution in [3.63, 3.8) is 0 Å². The number of rotatable bonds is 1. The molecule has 90 valence electrons. The van der Waals surface area contributed by atoms with E-state index < -0.39 is 5.97 Å². The van der Waals surface area contributed by atoms with E-state index in [1.807, 2.05) is 4.90 Å². The number of nitrogens with zero attached hydrogens (tertiary/aromatic N) is 2. The zero-order valence-electron chi connectivity index (χ0n) is 9.39. The highest BCUT2D eigenvalue weighted by atomic mass is 16.4. The SMILES string of the molecule is O=C(O)[C@H]1CCCN(C(=O)N2CCCC2)C1. The molecule has 1 N–H and O–H groups in total. The molecule has 0 aromatic rings. The summed E-state index contributed by atoms with van der Waals surface area (Å²) in [6, 6.07) is 0.0310. The molecule has 2 aliphatic rings. The van der Waals surface area contributed by atoms with Gasteiger partial charge in [0.2, 0.25) is 0 Å². The second-order valence-corrected chi connectivity index (χ2v) is 4.60. The highest BCUT2D eigenvalue weighted by Gasteiger charge is 2.31. The van der Waals surface area contributed by atoms with Crippen LogP contribution in [0.3, 0.4) is 0 Å². The predicted molar refractivity (Wildman–Crippen MR) is 58.1 cm³/mol. The number of hydrogen-bond donors (Lipinski definition) is 1. The quantitative estimate of drug-likeness (QED) is 0.725. The molecule has 5 nitrogen and oxygen atoms in total. The smallest absolute Gasteiger partial charge is 0.320 e. The number of carboxylic acid groups (broad SMARTS) is 1. The molecule has 2 aliphatic heterocycles. The molecule has 2 amide bonds. The largest absolute Gasteiger partial charge is 0.481 e. The summed E-state index contributed by atoms with van der Waals surface area (Å²) in [6.07, 6.45) is 3.64. The molecule has 0 aliphatic carbocycles. The Labute approximate surface area is 95.0 Å². The van der Waals surface area contributed by atoms with E-state index in [4.69, 9.17) is 5.11 Å². The van der Waals surface area contributed by atoms with E-state index in [0.717, 1.165) is 32.4 Å². The van der Waals surface area contributed by atoms with Crippen LogP contribution in [-0.2, 0) is 4.79 Å². The Morgan fingerprint density at radius 3 is 2.25 bits per heavy atom. The molecule has 0 spiro atoms. The van der Waals surface area contributed by atoms with Crippen molar-refractivity contribution in [3.8, 4) is 0 Å². The van der Waals surface area contributed by atoms with Crippen molar-refractivity contribution in [1.82, 2.24) is 9.80 Å². The van der Waals surface area contributed by atoms with Crippen molar-refractivity contribution in [1.29, 1.82) is 0 Å². The molecule has 0 radical (unpaired) electrons. The van der Waals surface area contributed by atoms with Gasteiger partial charge in [-0.25, -0.2) is 4.79 Å². The zero-order valence-corrected chi connectivity index (χ0v) is 9.39. The number of aliphatic carboxylic acids is 1. The van der Waals surface area contributed by atoms with Crippen LogP contribution in [0.25, 0.3) is 0 Å². The first-order valence-electron chi connectivity index (χ1n) is 5.95. The van der Waals surface area contributed by atoms with Crippen LogP contribution in [0.5, 0.6) is 0 Å². The van der Waals surface area contributed by atoms with E-state index in [1.165, 1.54) is 0 Å². The van der Waals surface area contributed by atoms with E-state index >= 15 is 0 Å². The molecule has 0 unspecified atom stereocenters. The highest BCUT2D eigenvalue weighted by molar-refractivity contribution is 5.76. The van der Waals surface area contributed by atoms with Crippen molar-refractivity contribution in [3.05, 3.63) is 0 Å². The average molecular weight is 226 g/mol. The Hall–Kier alpha value is -1.26. The van der Waals surface area contributed by atoms with Crippen LogP contribution in [0, 0.1) is 5.92 Å². The number of amides is 2. The molecule has 0 aromatic carbocycles. The Morgan fingerprint density at radius 2 is 1.62 bits per heavy atom. The van der Waals surface area contributed by atoms with Gasteiger partial charge in [-0.3, -0.25) is 4.79 Å². The highest BCUT2D eigenvalue weighted by Crippen LogP contribution is 2.19. The summed E-state index contributed by atoms with van der Waals surface area (Å²) >= 11 is 0. The summed E-state index contributed by atoms with van der Waals surface area (Å²) in [7, 11) is 0. The summed E-state index contributed by atoms with van der Waals surface area (Å²) in [5.41, 5.74) is 0. The minimum absolute atomic E-state index is 0.0310. The Balaban J connectivity index is 1.93. The summed E-state index contributed by atoms with van der Waals surface area (Å²) in [5, 5.41) is 8.95. The number of likely N-dealkylation sites (tertiary alicyclic amines) is 2. The van der Waals surface area contributed by atoms with Crippen LogP contribution < -0.4 is 0 Å². The summed E-state index contributed by atoms with van der Waals surface area (Å²) in [6.45, 7) is 2.74.